The van der Waals surface area contributed by atoms with Gasteiger partial charge in [-0.3, -0.25) is 0 Å². The van der Waals surface area contributed by atoms with Crippen molar-refractivity contribution in [2.75, 3.05) is 13.1 Å². The molecule has 2 heterocycles. The van der Waals surface area contributed by atoms with Gasteiger partial charge in [-0.1, -0.05) is 25.4 Å². The molecule has 106 valence electrons. The van der Waals surface area contributed by atoms with E-state index in [4.69, 9.17) is 16.3 Å². The van der Waals surface area contributed by atoms with Crippen LogP contribution in [0.3, 0.4) is 0 Å². The summed E-state index contributed by atoms with van der Waals surface area (Å²) in [6.45, 7) is 8.60. The molecule has 1 fully saturated rings. The van der Waals surface area contributed by atoms with Crippen LogP contribution in [-0.2, 0) is 0 Å². The average Bonchev–Trinajstić information content (AvgIpc) is 2.85. The summed E-state index contributed by atoms with van der Waals surface area (Å²) < 4.78 is 6.24. The number of nitrogens with zero attached hydrogens (tertiary/aromatic N) is 1. The molecule has 0 radical (unpaired) electrons. The number of pyridine rings is 1. The Morgan fingerprint density at radius 1 is 1.53 bits per heavy atom. The van der Waals surface area contributed by atoms with Crippen molar-refractivity contribution < 1.29 is 4.74 Å². The Morgan fingerprint density at radius 2 is 2.32 bits per heavy atom. The molecule has 4 heteroatoms. The normalized spacial score (nSPS) is 20.8. The molecule has 1 saturated heterocycles. The Hall–Kier alpha value is -0.800. The molecule has 0 amide bonds. The van der Waals surface area contributed by atoms with Gasteiger partial charge < -0.3 is 10.1 Å². The first kappa shape index (κ1) is 14.6. The first-order valence-corrected chi connectivity index (χ1v) is 7.44. The number of hydrogen-bond acceptors (Lipinski definition) is 3. The maximum Gasteiger partial charge on any atom is 0.171 e. The van der Waals surface area contributed by atoms with Crippen LogP contribution in [0.15, 0.2) is 12.3 Å². The first-order chi connectivity index (χ1) is 9.08. The monoisotopic (exact) mass is 282 g/mol. The van der Waals surface area contributed by atoms with E-state index in [1.807, 2.05) is 13.0 Å². The molecule has 1 aliphatic heterocycles. The van der Waals surface area contributed by atoms with Crippen LogP contribution in [0.4, 0.5) is 0 Å². The number of aryl methyl sites for hydroxylation is 1. The maximum absolute atomic E-state index is 6.24. The summed E-state index contributed by atoms with van der Waals surface area (Å²) in [6, 6.07) is 1.94. The Labute approximate surface area is 120 Å². The molecule has 0 spiro atoms. The molecule has 1 aliphatic rings. The van der Waals surface area contributed by atoms with Crippen LogP contribution in [0.1, 0.15) is 32.3 Å². The minimum atomic E-state index is 0.218. The second kappa shape index (κ2) is 6.58. The molecule has 2 unspecified atom stereocenters. The van der Waals surface area contributed by atoms with Crippen molar-refractivity contribution >= 4 is 11.6 Å². The zero-order valence-electron chi connectivity index (χ0n) is 11.9. The van der Waals surface area contributed by atoms with E-state index in [1.165, 1.54) is 6.42 Å². The van der Waals surface area contributed by atoms with E-state index in [2.05, 4.69) is 24.1 Å². The Bertz CT molecular complexity index is 396. The van der Waals surface area contributed by atoms with Gasteiger partial charge in [-0.25, -0.2) is 4.98 Å². The molecule has 1 N–H and O–H groups in total. The molecule has 0 aromatic carbocycles. The fourth-order valence-corrected chi connectivity index (χ4v) is 2.85. The van der Waals surface area contributed by atoms with E-state index in [0.29, 0.717) is 17.0 Å². The number of nitrogens with one attached hydrogen (secondary N) is 1. The van der Waals surface area contributed by atoms with Crippen LogP contribution >= 0.6 is 11.6 Å². The van der Waals surface area contributed by atoms with E-state index in [-0.39, 0.29) is 6.10 Å². The summed E-state index contributed by atoms with van der Waals surface area (Å²) in [5, 5.41) is 3.88. The van der Waals surface area contributed by atoms with Crippen molar-refractivity contribution in [2.45, 2.75) is 39.7 Å². The van der Waals surface area contributed by atoms with E-state index >= 15 is 0 Å². The van der Waals surface area contributed by atoms with E-state index < -0.39 is 0 Å². The number of aromatic nitrogens is 1. The lowest BCUT2D eigenvalue weighted by Crippen LogP contribution is -2.30. The lowest BCUT2D eigenvalue weighted by Gasteiger charge is -2.27. The average molecular weight is 283 g/mol. The van der Waals surface area contributed by atoms with Gasteiger partial charge >= 0.3 is 0 Å². The highest BCUT2D eigenvalue weighted by Crippen LogP contribution is 2.31. The standard InChI is InChI=1S/C15H23ClN2O/c1-10(2)8-13(12-5-6-17-9-12)19-14-11(3)4-7-18-15(14)16/h4,7,10,12-13,17H,5-6,8-9H2,1-3H3. The first-order valence-electron chi connectivity index (χ1n) is 7.06. The van der Waals surface area contributed by atoms with Gasteiger partial charge in [0.1, 0.15) is 6.10 Å². The number of halogens is 1. The second-order valence-electron chi connectivity index (χ2n) is 5.79. The molecule has 0 saturated carbocycles. The number of rotatable bonds is 5. The van der Waals surface area contributed by atoms with E-state index in [9.17, 15) is 0 Å². The van der Waals surface area contributed by atoms with Crippen LogP contribution in [0.2, 0.25) is 5.15 Å². The lowest BCUT2D eigenvalue weighted by atomic mass is 9.93. The Morgan fingerprint density at radius 3 is 2.89 bits per heavy atom. The second-order valence-corrected chi connectivity index (χ2v) is 6.14. The van der Waals surface area contributed by atoms with Gasteiger partial charge in [0.15, 0.2) is 10.9 Å². The zero-order chi connectivity index (χ0) is 13.8. The third-order valence-electron chi connectivity index (χ3n) is 3.66. The molecule has 2 rings (SSSR count). The SMILES string of the molecule is Cc1ccnc(Cl)c1OC(CC(C)C)C1CCNC1. The van der Waals surface area contributed by atoms with E-state index in [1.54, 1.807) is 6.20 Å². The molecular formula is C15H23ClN2O. The smallest absolute Gasteiger partial charge is 0.171 e. The van der Waals surface area contributed by atoms with Crippen LogP contribution in [0, 0.1) is 18.8 Å². The Kier molecular flexibility index (Phi) is 5.06. The summed E-state index contributed by atoms with van der Waals surface area (Å²) >= 11 is 6.17. The molecule has 0 aliphatic carbocycles. The summed E-state index contributed by atoms with van der Waals surface area (Å²) in [4.78, 5) is 4.12. The van der Waals surface area contributed by atoms with Crippen LogP contribution in [0.5, 0.6) is 5.75 Å². The van der Waals surface area contributed by atoms with Crippen molar-refractivity contribution in [3.05, 3.63) is 23.0 Å². The minimum absolute atomic E-state index is 0.218. The van der Waals surface area contributed by atoms with E-state index in [0.717, 1.165) is 30.8 Å². The van der Waals surface area contributed by atoms with Crippen molar-refractivity contribution in [3.63, 3.8) is 0 Å². The van der Waals surface area contributed by atoms with Crippen molar-refractivity contribution in [3.8, 4) is 5.75 Å². The van der Waals surface area contributed by atoms with Gasteiger partial charge in [-0.2, -0.15) is 0 Å². The van der Waals surface area contributed by atoms with Gasteiger partial charge in [0, 0.05) is 18.7 Å². The van der Waals surface area contributed by atoms with Gasteiger partial charge in [0.25, 0.3) is 0 Å². The predicted molar refractivity (Wildman–Crippen MR) is 78.8 cm³/mol. The van der Waals surface area contributed by atoms with Crippen LogP contribution in [-0.4, -0.2) is 24.2 Å². The topological polar surface area (TPSA) is 34.1 Å². The van der Waals surface area contributed by atoms with Crippen molar-refractivity contribution in [1.29, 1.82) is 0 Å². The highest BCUT2D eigenvalue weighted by atomic mass is 35.5. The highest BCUT2D eigenvalue weighted by molar-refractivity contribution is 6.30. The number of ether oxygens (including phenoxy) is 1. The summed E-state index contributed by atoms with van der Waals surface area (Å²) in [6.07, 6.45) is 4.17. The van der Waals surface area contributed by atoms with Crippen LogP contribution in [0.25, 0.3) is 0 Å². The largest absolute Gasteiger partial charge is 0.487 e. The van der Waals surface area contributed by atoms with Gasteiger partial charge in [0.2, 0.25) is 0 Å². The fourth-order valence-electron chi connectivity index (χ4n) is 2.60. The maximum atomic E-state index is 6.24. The van der Waals surface area contributed by atoms with Crippen molar-refractivity contribution in [1.82, 2.24) is 10.3 Å². The molecule has 1 aromatic rings. The molecule has 1 aromatic heterocycles. The minimum Gasteiger partial charge on any atom is -0.487 e. The van der Waals surface area contributed by atoms with Gasteiger partial charge in [-0.15, -0.1) is 0 Å². The molecule has 2 atom stereocenters. The van der Waals surface area contributed by atoms with Gasteiger partial charge in [-0.05, 0) is 43.9 Å². The predicted octanol–water partition coefficient (Wildman–Crippen LogP) is 3.45. The quantitative estimate of drug-likeness (QED) is 0.840. The molecule has 19 heavy (non-hydrogen) atoms. The highest BCUT2D eigenvalue weighted by Gasteiger charge is 2.28. The summed E-state index contributed by atoms with van der Waals surface area (Å²) in [7, 11) is 0. The molecule has 0 bridgehead atoms. The Balaban J connectivity index is 2.14. The van der Waals surface area contributed by atoms with Crippen molar-refractivity contribution in [2.24, 2.45) is 11.8 Å². The zero-order valence-corrected chi connectivity index (χ0v) is 12.7. The lowest BCUT2D eigenvalue weighted by molar-refractivity contribution is 0.118. The third kappa shape index (κ3) is 3.83. The van der Waals surface area contributed by atoms with Gasteiger partial charge in [0.05, 0.1) is 0 Å². The van der Waals surface area contributed by atoms with Crippen LogP contribution < -0.4 is 10.1 Å². The summed E-state index contributed by atoms with van der Waals surface area (Å²) in [5.74, 6) is 1.93. The summed E-state index contributed by atoms with van der Waals surface area (Å²) in [5.41, 5.74) is 1.06. The molecular weight excluding hydrogens is 260 g/mol. The number of hydrogen-bond donors (Lipinski definition) is 1. The fraction of sp³-hybridized carbons (Fsp3) is 0.667. The third-order valence-corrected chi connectivity index (χ3v) is 3.92. The molecule has 3 nitrogen and oxygen atoms in total.